The fourth-order valence-electron chi connectivity index (χ4n) is 2.93. The van der Waals surface area contributed by atoms with Crippen LogP contribution in [0.3, 0.4) is 0 Å². The van der Waals surface area contributed by atoms with Gasteiger partial charge in [0.15, 0.2) is 0 Å². The molecule has 1 fully saturated rings. The molecule has 1 aromatic rings. The van der Waals surface area contributed by atoms with Crippen LogP contribution >= 0.6 is 0 Å². The van der Waals surface area contributed by atoms with Gasteiger partial charge in [0.05, 0.1) is 16.0 Å². The lowest BCUT2D eigenvalue weighted by molar-refractivity contribution is 0.379. The molecule has 3 heteroatoms. The maximum atomic E-state index is 12.9. The van der Waals surface area contributed by atoms with E-state index in [1.54, 1.807) is 0 Å². The van der Waals surface area contributed by atoms with Crippen molar-refractivity contribution in [1.82, 2.24) is 5.32 Å². The summed E-state index contributed by atoms with van der Waals surface area (Å²) in [7, 11) is -0.884. The monoisotopic (exact) mass is 293 g/mol. The summed E-state index contributed by atoms with van der Waals surface area (Å²) >= 11 is 0. The SMILES string of the molecule is CCCNC1CCCCC1S(=O)c1ccc(C)c(C)c1. The van der Waals surface area contributed by atoms with Gasteiger partial charge >= 0.3 is 0 Å². The van der Waals surface area contributed by atoms with Gasteiger partial charge in [0.2, 0.25) is 0 Å². The zero-order chi connectivity index (χ0) is 14.5. The second-order valence-electron chi connectivity index (χ2n) is 5.93. The molecular weight excluding hydrogens is 266 g/mol. The molecule has 1 aliphatic carbocycles. The lowest BCUT2D eigenvalue weighted by Crippen LogP contribution is -2.44. The molecule has 0 bridgehead atoms. The molecule has 0 amide bonds. The van der Waals surface area contributed by atoms with Gasteiger partial charge in [0, 0.05) is 10.9 Å². The highest BCUT2D eigenvalue weighted by Gasteiger charge is 2.30. The van der Waals surface area contributed by atoms with Gasteiger partial charge in [-0.3, -0.25) is 4.21 Å². The van der Waals surface area contributed by atoms with E-state index in [9.17, 15) is 4.21 Å². The molecule has 0 heterocycles. The first-order valence-electron chi connectivity index (χ1n) is 7.84. The highest BCUT2D eigenvalue weighted by molar-refractivity contribution is 7.85. The number of nitrogens with one attached hydrogen (secondary N) is 1. The lowest BCUT2D eigenvalue weighted by atomic mass is 9.95. The van der Waals surface area contributed by atoms with Crippen molar-refractivity contribution in [2.45, 2.75) is 69.1 Å². The summed E-state index contributed by atoms with van der Waals surface area (Å²) in [5, 5.41) is 3.88. The van der Waals surface area contributed by atoms with Crippen LogP contribution in [0.4, 0.5) is 0 Å². The van der Waals surface area contributed by atoms with Gasteiger partial charge in [-0.25, -0.2) is 0 Å². The molecular formula is C17H27NOS. The minimum absolute atomic E-state index is 0.275. The molecule has 1 saturated carbocycles. The fraction of sp³-hybridized carbons (Fsp3) is 0.647. The van der Waals surface area contributed by atoms with Crippen molar-refractivity contribution >= 4 is 10.8 Å². The summed E-state index contributed by atoms with van der Waals surface area (Å²) in [4.78, 5) is 1.00. The van der Waals surface area contributed by atoms with Gasteiger partial charge < -0.3 is 5.32 Å². The third-order valence-corrected chi connectivity index (χ3v) is 6.18. The molecule has 0 spiro atoms. The van der Waals surface area contributed by atoms with Crippen molar-refractivity contribution in [3.8, 4) is 0 Å². The van der Waals surface area contributed by atoms with Crippen LogP contribution in [0.25, 0.3) is 0 Å². The van der Waals surface area contributed by atoms with E-state index in [0.29, 0.717) is 6.04 Å². The average Bonchev–Trinajstić information content (AvgIpc) is 2.47. The van der Waals surface area contributed by atoms with Crippen LogP contribution < -0.4 is 5.32 Å². The van der Waals surface area contributed by atoms with E-state index in [2.05, 4.69) is 38.2 Å². The smallest absolute Gasteiger partial charge is 0.0576 e. The second kappa shape index (κ2) is 7.37. The third kappa shape index (κ3) is 3.70. The Morgan fingerprint density at radius 2 is 1.95 bits per heavy atom. The Hall–Kier alpha value is -0.670. The molecule has 20 heavy (non-hydrogen) atoms. The van der Waals surface area contributed by atoms with Gasteiger partial charge in [-0.2, -0.15) is 0 Å². The molecule has 2 nitrogen and oxygen atoms in total. The third-order valence-electron chi connectivity index (χ3n) is 4.34. The Morgan fingerprint density at radius 1 is 1.20 bits per heavy atom. The normalized spacial score (nSPS) is 24.6. The lowest BCUT2D eigenvalue weighted by Gasteiger charge is -2.31. The highest BCUT2D eigenvalue weighted by atomic mass is 32.2. The van der Waals surface area contributed by atoms with E-state index in [-0.39, 0.29) is 5.25 Å². The molecule has 0 aliphatic heterocycles. The molecule has 112 valence electrons. The summed E-state index contributed by atoms with van der Waals surface area (Å²) in [5.41, 5.74) is 2.51. The van der Waals surface area contributed by atoms with E-state index in [1.165, 1.54) is 30.4 Å². The quantitative estimate of drug-likeness (QED) is 0.896. The first-order valence-corrected chi connectivity index (χ1v) is 9.06. The molecule has 0 aromatic heterocycles. The molecule has 3 unspecified atom stereocenters. The van der Waals surface area contributed by atoms with Crippen molar-refractivity contribution in [2.75, 3.05) is 6.54 Å². The number of hydrogen-bond acceptors (Lipinski definition) is 2. The molecule has 0 radical (unpaired) electrons. The molecule has 1 aliphatic rings. The minimum Gasteiger partial charge on any atom is -0.313 e. The Kier molecular flexibility index (Phi) is 5.79. The van der Waals surface area contributed by atoms with Crippen LogP contribution in [0.2, 0.25) is 0 Å². The Morgan fingerprint density at radius 3 is 2.65 bits per heavy atom. The Balaban J connectivity index is 2.14. The minimum atomic E-state index is -0.884. The first kappa shape index (κ1) is 15.7. The van der Waals surface area contributed by atoms with E-state index in [4.69, 9.17) is 0 Å². The maximum absolute atomic E-state index is 12.9. The fourth-order valence-corrected chi connectivity index (χ4v) is 4.69. The largest absolute Gasteiger partial charge is 0.313 e. The summed E-state index contributed by atoms with van der Waals surface area (Å²) < 4.78 is 12.9. The van der Waals surface area contributed by atoms with Crippen molar-refractivity contribution in [3.63, 3.8) is 0 Å². The van der Waals surface area contributed by atoms with Crippen LogP contribution in [0.5, 0.6) is 0 Å². The number of hydrogen-bond donors (Lipinski definition) is 1. The summed E-state index contributed by atoms with van der Waals surface area (Å²) in [6, 6.07) is 6.67. The predicted molar refractivity (Wildman–Crippen MR) is 86.7 cm³/mol. The number of aryl methyl sites for hydroxylation is 2. The van der Waals surface area contributed by atoms with Crippen molar-refractivity contribution in [3.05, 3.63) is 29.3 Å². The Labute approximate surface area is 125 Å². The maximum Gasteiger partial charge on any atom is 0.0576 e. The average molecular weight is 293 g/mol. The molecule has 2 rings (SSSR count). The predicted octanol–water partition coefficient (Wildman–Crippen LogP) is 3.72. The molecule has 1 aromatic carbocycles. The van der Waals surface area contributed by atoms with Crippen molar-refractivity contribution in [2.24, 2.45) is 0 Å². The van der Waals surface area contributed by atoms with Crippen LogP contribution in [0.15, 0.2) is 23.1 Å². The number of rotatable bonds is 5. The number of benzene rings is 1. The van der Waals surface area contributed by atoms with Gasteiger partial charge in [0.25, 0.3) is 0 Å². The molecule has 1 N–H and O–H groups in total. The van der Waals surface area contributed by atoms with Gasteiger partial charge in [-0.15, -0.1) is 0 Å². The molecule has 3 atom stereocenters. The summed E-state index contributed by atoms with van der Waals surface area (Å²) in [5.74, 6) is 0. The van der Waals surface area contributed by atoms with Crippen LogP contribution in [0, 0.1) is 13.8 Å². The zero-order valence-corrected chi connectivity index (χ0v) is 13.8. The second-order valence-corrected chi connectivity index (χ2v) is 7.60. The summed E-state index contributed by atoms with van der Waals surface area (Å²) in [6.45, 7) is 7.42. The summed E-state index contributed by atoms with van der Waals surface area (Å²) in [6.07, 6.45) is 5.87. The Bertz CT molecular complexity index is 472. The van der Waals surface area contributed by atoms with Crippen molar-refractivity contribution in [1.29, 1.82) is 0 Å². The van der Waals surface area contributed by atoms with E-state index in [1.807, 2.05) is 6.07 Å². The van der Waals surface area contributed by atoms with Crippen LogP contribution in [0.1, 0.15) is 50.2 Å². The van der Waals surface area contributed by atoms with Gasteiger partial charge in [-0.05, 0) is 62.9 Å². The van der Waals surface area contributed by atoms with Gasteiger partial charge in [-0.1, -0.05) is 25.8 Å². The topological polar surface area (TPSA) is 29.1 Å². The van der Waals surface area contributed by atoms with E-state index >= 15 is 0 Å². The standard InChI is InChI=1S/C17H27NOS/c1-4-11-18-16-7-5-6-8-17(16)20(19)15-10-9-13(2)14(3)12-15/h9-10,12,16-18H,4-8,11H2,1-3H3. The van der Waals surface area contributed by atoms with Crippen LogP contribution in [-0.4, -0.2) is 22.0 Å². The van der Waals surface area contributed by atoms with Crippen LogP contribution in [-0.2, 0) is 10.8 Å². The first-order chi connectivity index (χ1) is 9.63. The molecule has 0 saturated heterocycles. The van der Waals surface area contributed by atoms with Gasteiger partial charge in [0.1, 0.15) is 0 Å². The zero-order valence-electron chi connectivity index (χ0n) is 12.9. The highest BCUT2D eigenvalue weighted by Crippen LogP contribution is 2.27. The van der Waals surface area contributed by atoms with Crippen molar-refractivity contribution < 1.29 is 4.21 Å². The van der Waals surface area contributed by atoms with E-state index in [0.717, 1.165) is 24.3 Å². The van der Waals surface area contributed by atoms with E-state index < -0.39 is 10.8 Å².